The molecule has 2 rings (SSSR count). The van der Waals surface area contributed by atoms with Crippen LogP contribution in [0, 0.1) is 0 Å². The Kier molecular flexibility index (Phi) is 3.59. The summed E-state index contributed by atoms with van der Waals surface area (Å²) in [5, 5.41) is 13.4. The molecule has 0 aliphatic rings. The molecule has 0 fully saturated rings. The van der Waals surface area contributed by atoms with Crippen molar-refractivity contribution in [2.45, 2.75) is 0 Å². The number of anilines is 2. The summed E-state index contributed by atoms with van der Waals surface area (Å²) in [6, 6.07) is 6.66. The molecule has 0 spiro atoms. The van der Waals surface area contributed by atoms with Gasteiger partial charge >= 0.3 is 0 Å². The molecule has 4 N–H and O–H groups in total. The molecule has 1 aromatic carbocycles. The van der Waals surface area contributed by atoms with Gasteiger partial charge in [-0.05, 0) is 17.7 Å². The van der Waals surface area contributed by atoms with Crippen molar-refractivity contribution >= 4 is 29.3 Å². The molecule has 1 heterocycles. The minimum Gasteiger partial charge on any atom is -0.508 e. The number of benzene rings is 1. The van der Waals surface area contributed by atoms with Gasteiger partial charge in [-0.25, -0.2) is 9.97 Å². The SMILES string of the molecule is Nc1c(Cl)ncnc1N/N=C\c1cccc(O)c1. The van der Waals surface area contributed by atoms with E-state index in [0.717, 1.165) is 5.56 Å². The first-order valence-corrected chi connectivity index (χ1v) is 5.38. The normalized spacial score (nSPS) is 10.7. The first kappa shape index (κ1) is 12.1. The van der Waals surface area contributed by atoms with Crippen molar-refractivity contribution in [3.8, 4) is 5.75 Å². The third-order valence-corrected chi connectivity index (χ3v) is 2.39. The topological polar surface area (TPSA) is 96.4 Å². The number of nitrogens with one attached hydrogen (secondary N) is 1. The van der Waals surface area contributed by atoms with Crippen molar-refractivity contribution in [2.24, 2.45) is 5.10 Å². The molecule has 6 nitrogen and oxygen atoms in total. The number of aromatic nitrogens is 2. The van der Waals surface area contributed by atoms with E-state index >= 15 is 0 Å². The number of hydrazone groups is 1. The summed E-state index contributed by atoms with van der Waals surface area (Å²) in [6.45, 7) is 0. The van der Waals surface area contributed by atoms with E-state index in [-0.39, 0.29) is 16.6 Å². The predicted octanol–water partition coefficient (Wildman–Crippen LogP) is 1.86. The Hall–Kier alpha value is -2.34. The number of phenolic OH excluding ortho intramolecular Hbond substituents is 1. The molecular formula is C11H10ClN5O. The molecular weight excluding hydrogens is 254 g/mol. The van der Waals surface area contributed by atoms with Gasteiger partial charge in [-0.1, -0.05) is 23.7 Å². The van der Waals surface area contributed by atoms with Gasteiger partial charge in [0.1, 0.15) is 17.8 Å². The highest BCUT2D eigenvalue weighted by atomic mass is 35.5. The fraction of sp³-hybridized carbons (Fsp3) is 0. The van der Waals surface area contributed by atoms with Gasteiger partial charge in [0, 0.05) is 0 Å². The number of halogens is 1. The molecule has 7 heteroatoms. The lowest BCUT2D eigenvalue weighted by Gasteiger charge is -2.03. The monoisotopic (exact) mass is 263 g/mol. The molecule has 92 valence electrons. The van der Waals surface area contributed by atoms with Crippen LogP contribution in [0.5, 0.6) is 5.75 Å². The molecule has 0 atom stereocenters. The van der Waals surface area contributed by atoms with Crippen LogP contribution in [0.15, 0.2) is 35.7 Å². The Balaban J connectivity index is 2.10. The van der Waals surface area contributed by atoms with Gasteiger partial charge in [-0.2, -0.15) is 5.10 Å². The van der Waals surface area contributed by atoms with Crippen molar-refractivity contribution in [3.05, 3.63) is 41.3 Å². The number of hydrogen-bond acceptors (Lipinski definition) is 6. The lowest BCUT2D eigenvalue weighted by Crippen LogP contribution is -2.00. The molecule has 0 bridgehead atoms. The maximum Gasteiger partial charge on any atom is 0.174 e. The summed E-state index contributed by atoms with van der Waals surface area (Å²) in [6.07, 6.45) is 2.81. The van der Waals surface area contributed by atoms with Crippen LogP contribution < -0.4 is 11.2 Å². The van der Waals surface area contributed by atoms with Crippen molar-refractivity contribution in [2.75, 3.05) is 11.2 Å². The van der Waals surface area contributed by atoms with Gasteiger partial charge in [-0.15, -0.1) is 0 Å². The van der Waals surface area contributed by atoms with E-state index in [1.807, 2.05) is 0 Å². The second-order valence-corrected chi connectivity index (χ2v) is 3.75. The highest BCUT2D eigenvalue weighted by Gasteiger charge is 2.03. The van der Waals surface area contributed by atoms with Gasteiger partial charge in [0.05, 0.1) is 6.21 Å². The highest BCUT2D eigenvalue weighted by molar-refractivity contribution is 6.32. The van der Waals surface area contributed by atoms with Crippen LogP contribution in [-0.2, 0) is 0 Å². The fourth-order valence-electron chi connectivity index (χ4n) is 1.24. The van der Waals surface area contributed by atoms with E-state index in [9.17, 15) is 5.11 Å². The van der Waals surface area contributed by atoms with Crippen LogP contribution >= 0.6 is 11.6 Å². The summed E-state index contributed by atoms with van der Waals surface area (Å²) >= 11 is 5.73. The van der Waals surface area contributed by atoms with Crippen molar-refractivity contribution < 1.29 is 5.11 Å². The summed E-state index contributed by atoms with van der Waals surface area (Å²) in [5.41, 5.74) is 9.27. The number of nitrogens with two attached hydrogens (primary N) is 1. The molecule has 0 unspecified atom stereocenters. The number of hydrogen-bond donors (Lipinski definition) is 3. The Bertz CT molecular complexity index is 587. The average molecular weight is 264 g/mol. The summed E-state index contributed by atoms with van der Waals surface area (Å²) in [4.78, 5) is 7.61. The van der Waals surface area contributed by atoms with Gasteiger partial charge < -0.3 is 10.8 Å². The number of aromatic hydroxyl groups is 1. The van der Waals surface area contributed by atoms with Gasteiger partial charge in [0.15, 0.2) is 11.0 Å². The first-order chi connectivity index (χ1) is 8.66. The van der Waals surface area contributed by atoms with E-state index in [4.69, 9.17) is 17.3 Å². The Morgan fingerprint density at radius 1 is 1.39 bits per heavy atom. The zero-order chi connectivity index (χ0) is 13.0. The number of nitrogen functional groups attached to an aromatic ring is 1. The van der Waals surface area contributed by atoms with E-state index in [2.05, 4.69) is 20.5 Å². The third kappa shape index (κ3) is 2.86. The Morgan fingerprint density at radius 3 is 3.00 bits per heavy atom. The average Bonchev–Trinajstić information content (AvgIpc) is 2.35. The minimum atomic E-state index is 0.167. The number of phenols is 1. The molecule has 2 aromatic rings. The molecule has 0 saturated heterocycles. The Labute approximate surface area is 108 Å². The summed E-state index contributed by atoms with van der Waals surface area (Å²) in [5.74, 6) is 0.495. The second kappa shape index (κ2) is 5.33. The summed E-state index contributed by atoms with van der Waals surface area (Å²) in [7, 11) is 0. The molecule has 0 amide bonds. The van der Waals surface area contributed by atoms with Crippen LogP contribution in [0.4, 0.5) is 11.5 Å². The van der Waals surface area contributed by atoms with Crippen LogP contribution in [0.25, 0.3) is 0 Å². The third-order valence-electron chi connectivity index (χ3n) is 2.09. The number of rotatable bonds is 3. The van der Waals surface area contributed by atoms with Gasteiger partial charge in [-0.3, -0.25) is 5.43 Å². The molecule has 0 aliphatic heterocycles. The van der Waals surface area contributed by atoms with E-state index < -0.39 is 0 Å². The standard InChI is InChI=1S/C11H10ClN5O/c12-10-9(13)11(15-6-14-10)17-16-5-7-2-1-3-8(18)4-7/h1-6,18H,13H2,(H,14,15,17)/b16-5-. The minimum absolute atomic E-state index is 0.167. The highest BCUT2D eigenvalue weighted by Crippen LogP contribution is 2.21. The van der Waals surface area contributed by atoms with E-state index in [1.165, 1.54) is 12.5 Å². The lowest BCUT2D eigenvalue weighted by molar-refractivity contribution is 0.475. The predicted molar refractivity (Wildman–Crippen MR) is 70.8 cm³/mol. The van der Waals surface area contributed by atoms with Crippen LogP contribution in [-0.4, -0.2) is 21.3 Å². The zero-order valence-electron chi connectivity index (χ0n) is 9.21. The second-order valence-electron chi connectivity index (χ2n) is 3.39. The van der Waals surface area contributed by atoms with Crippen LogP contribution in [0.3, 0.4) is 0 Å². The zero-order valence-corrected chi connectivity index (χ0v) is 9.96. The molecule has 0 saturated carbocycles. The van der Waals surface area contributed by atoms with Crippen LogP contribution in [0.1, 0.15) is 5.56 Å². The molecule has 0 radical (unpaired) electrons. The van der Waals surface area contributed by atoms with Gasteiger partial charge in [0.25, 0.3) is 0 Å². The lowest BCUT2D eigenvalue weighted by atomic mass is 10.2. The van der Waals surface area contributed by atoms with E-state index in [0.29, 0.717) is 5.82 Å². The molecule has 18 heavy (non-hydrogen) atoms. The molecule has 1 aromatic heterocycles. The van der Waals surface area contributed by atoms with Gasteiger partial charge in [0.2, 0.25) is 0 Å². The summed E-state index contributed by atoms with van der Waals surface area (Å²) < 4.78 is 0. The Morgan fingerprint density at radius 2 is 2.22 bits per heavy atom. The fourth-order valence-corrected chi connectivity index (χ4v) is 1.37. The van der Waals surface area contributed by atoms with Crippen molar-refractivity contribution in [1.29, 1.82) is 0 Å². The maximum absolute atomic E-state index is 9.27. The first-order valence-electron chi connectivity index (χ1n) is 5.01. The van der Waals surface area contributed by atoms with Crippen LogP contribution in [0.2, 0.25) is 5.15 Å². The molecule has 0 aliphatic carbocycles. The van der Waals surface area contributed by atoms with E-state index in [1.54, 1.807) is 24.3 Å². The van der Waals surface area contributed by atoms with Crippen molar-refractivity contribution in [3.63, 3.8) is 0 Å². The van der Waals surface area contributed by atoms with Crippen molar-refractivity contribution in [1.82, 2.24) is 9.97 Å². The smallest absolute Gasteiger partial charge is 0.174 e. The quantitative estimate of drug-likeness (QED) is 0.446. The number of nitrogens with zero attached hydrogens (tertiary/aromatic N) is 3. The maximum atomic E-state index is 9.27. The largest absolute Gasteiger partial charge is 0.508 e.